The molecule has 0 aliphatic carbocycles. The SMILES string of the molecule is Cc1ccc(N2c3ccc(C)cc3B3c4cc(-n5c6ccc(C(C)(C)C)cc6c6cc(C(C)(C)C)ccc65)ccc4C(C)(C)c4c(C)ccc2c43)cc1. The summed E-state index contributed by atoms with van der Waals surface area (Å²) in [5.74, 6) is 0. The van der Waals surface area contributed by atoms with Gasteiger partial charge in [-0.25, -0.2) is 0 Å². The highest BCUT2D eigenvalue weighted by Crippen LogP contribution is 2.45. The van der Waals surface area contributed by atoms with Crippen LogP contribution in [0.5, 0.6) is 0 Å². The van der Waals surface area contributed by atoms with Crippen LogP contribution in [0.2, 0.25) is 0 Å². The lowest BCUT2D eigenvalue weighted by Gasteiger charge is -2.46. The lowest BCUT2D eigenvalue weighted by Crippen LogP contribution is -2.64. The van der Waals surface area contributed by atoms with Crippen LogP contribution in [0.1, 0.15) is 94.3 Å². The summed E-state index contributed by atoms with van der Waals surface area (Å²) in [6.45, 7) is 25.6. The molecule has 0 bridgehead atoms. The number of nitrogens with zero attached hydrogens (tertiary/aromatic N) is 2. The predicted octanol–water partition coefficient (Wildman–Crippen LogP) is 11.2. The van der Waals surface area contributed by atoms with Gasteiger partial charge in [0.25, 0.3) is 0 Å². The zero-order chi connectivity index (χ0) is 37.4. The largest absolute Gasteiger partial charge is 0.312 e. The summed E-state index contributed by atoms with van der Waals surface area (Å²) in [5.41, 5.74) is 21.2. The average molecular weight is 691 g/mol. The van der Waals surface area contributed by atoms with E-state index in [0.717, 1.165) is 0 Å². The first-order chi connectivity index (χ1) is 25.0. The number of rotatable bonds is 2. The van der Waals surface area contributed by atoms with Crippen LogP contribution in [0, 0.1) is 20.8 Å². The Morgan fingerprint density at radius 2 is 1.09 bits per heavy atom. The van der Waals surface area contributed by atoms with Gasteiger partial charge in [-0.3, -0.25) is 0 Å². The van der Waals surface area contributed by atoms with Crippen LogP contribution in [0.15, 0.2) is 109 Å². The van der Waals surface area contributed by atoms with Gasteiger partial charge in [0.05, 0.1) is 11.0 Å². The summed E-state index contributed by atoms with van der Waals surface area (Å²) >= 11 is 0. The summed E-state index contributed by atoms with van der Waals surface area (Å²) in [6.07, 6.45) is 0. The van der Waals surface area contributed by atoms with Gasteiger partial charge in [-0.1, -0.05) is 121 Å². The molecule has 1 aromatic heterocycles. The summed E-state index contributed by atoms with van der Waals surface area (Å²) in [4.78, 5) is 2.51. The van der Waals surface area contributed by atoms with Crippen molar-refractivity contribution < 1.29 is 0 Å². The van der Waals surface area contributed by atoms with Gasteiger partial charge in [0, 0.05) is 38.9 Å². The van der Waals surface area contributed by atoms with Crippen molar-refractivity contribution in [3.05, 3.63) is 148 Å². The van der Waals surface area contributed by atoms with Gasteiger partial charge in [0.2, 0.25) is 6.71 Å². The number of benzene rings is 6. The average Bonchev–Trinajstić information content (AvgIpc) is 3.43. The van der Waals surface area contributed by atoms with Gasteiger partial charge in [-0.15, -0.1) is 0 Å². The topological polar surface area (TPSA) is 8.17 Å². The predicted molar refractivity (Wildman–Crippen MR) is 230 cm³/mol. The zero-order valence-electron chi connectivity index (χ0n) is 33.4. The molecule has 6 aromatic carbocycles. The molecule has 9 rings (SSSR count). The van der Waals surface area contributed by atoms with Crippen LogP contribution >= 0.6 is 0 Å². The molecule has 0 spiro atoms. The third-order valence-electron chi connectivity index (χ3n) is 12.4. The van der Waals surface area contributed by atoms with Crippen LogP contribution in [-0.4, -0.2) is 11.3 Å². The maximum absolute atomic E-state index is 2.54. The second-order valence-electron chi connectivity index (χ2n) is 18.6. The fourth-order valence-electron chi connectivity index (χ4n) is 9.59. The number of hydrogen-bond donors (Lipinski definition) is 0. The summed E-state index contributed by atoms with van der Waals surface area (Å²) in [5, 5.41) is 2.65. The number of anilines is 3. The van der Waals surface area contributed by atoms with Crippen LogP contribution in [0.25, 0.3) is 27.5 Å². The molecule has 0 unspecified atom stereocenters. The monoisotopic (exact) mass is 690 g/mol. The van der Waals surface area contributed by atoms with E-state index in [1.807, 2.05) is 0 Å². The Hall–Kier alpha value is -5.02. The Labute approximate surface area is 316 Å². The van der Waals surface area contributed by atoms with Crippen molar-refractivity contribution in [1.82, 2.24) is 4.57 Å². The van der Waals surface area contributed by atoms with E-state index in [1.54, 1.807) is 0 Å². The van der Waals surface area contributed by atoms with Crippen molar-refractivity contribution in [3.8, 4) is 5.69 Å². The van der Waals surface area contributed by atoms with E-state index < -0.39 is 0 Å². The van der Waals surface area contributed by atoms with Crippen LogP contribution < -0.4 is 21.3 Å². The number of aryl methyl sites for hydroxylation is 3. The van der Waals surface area contributed by atoms with E-state index in [4.69, 9.17) is 0 Å². The molecule has 0 radical (unpaired) electrons. The van der Waals surface area contributed by atoms with E-state index in [2.05, 4.69) is 195 Å². The Balaban J connectivity index is 1.34. The molecule has 0 fully saturated rings. The third-order valence-corrected chi connectivity index (χ3v) is 12.4. The van der Waals surface area contributed by atoms with Crippen molar-refractivity contribution in [3.63, 3.8) is 0 Å². The number of aromatic nitrogens is 1. The van der Waals surface area contributed by atoms with E-state index in [0.29, 0.717) is 0 Å². The highest BCUT2D eigenvalue weighted by atomic mass is 15.2. The van der Waals surface area contributed by atoms with Gasteiger partial charge in [-0.05, 0) is 131 Å². The van der Waals surface area contributed by atoms with Gasteiger partial charge < -0.3 is 9.47 Å². The third kappa shape index (κ3) is 4.99. The minimum Gasteiger partial charge on any atom is -0.312 e. The molecule has 3 heteroatoms. The van der Waals surface area contributed by atoms with Crippen molar-refractivity contribution >= 4 is 62.0 Å². The molecule has 264 valence electrons. The van der Waals surface area contributed by atoms with Gasteiger partial charge in [-0.2, -0.15) is 0 Å². The molecule has 2 aliphatic rings. The Bertz CT molecular complexity index is 2570. The second-order valence-corrected chi connectivity index (χ2v) is 18.6. The molecule has 0 atom stereocenters. The highest BCUT2D eigenvalue weighted by molar-refractivity contribution is 6.99. The van der Waals surface area contributed by atoms with Crippen LogP contribution in [0.4, 0.5) is 17.1 Å². The van der Waals surface area contributed by atoms with Crippen LogP contribution in [0.3, 0.4) is 0 Å². The standard InChI is InChI=1S/C50H51BN2/c1-30-12-18-35(19-13-30)52-44-22-14-31(2)26-41(44)51-40-29-36(20-21-39(40)50(10,11)46-32(3)15-23-45(52)47(46)51)53-42-24-16-33(48(4,5)6)27-37(42)38-28-34(49(7,8)9)17-25-43(38)53/h12-29H,1-11H3. The molecule has 0 N–H and O–H groups in total. The fraction of sp³-hybridized carbons (Fsp3) is 0.280. The molecule has 0 saturated carbocycles. The Morgan fingerprint density at radius 3 is 1.70 bits per heavy atom. The van der Waals surface area contributed by atoms with E-state index >= 15 is 0 Å². The second kappa shape index (κ2) is 11.2. The van der Waals surface area contributed by atoms with Crippen molar-refractivity contribution in [2.24, 2.45) is 0 Å². The fourth-order valence-corrected chi connectivity index (χ4v) is 9.59. The first-order valence-corrected chi connectivity index (χ1v) is 19.4. The number of fused-ring (bicyclic) bond motifs is 7. The Kier molecular flexibility index (Phi) is 7.17. The molecule has 0 amide bonds. The first kappa shape index (κ1) is 33.8. The zero-order valence-corrected chi connectivity index (χ0v) is 33.4. The molecule has 2 aliphatic heterocycles. The summed E-state index contributed by atoms with van der Waals surface area (Å²) < 4.78 is 2.53. The maximum atomic E-state index is 2.54. The van der Waals surface area contributed by atoms with Gasteiger partial charge >= 0.3 is 0 Å². The minimum atomic E-state index is -0.176. The van der Waals surface area contributed by atoms with E-state index in [-0.39, 0.29) is 23.0 Å². The van der Waals surface area contributed by atoms with E-state index in [1.165, 1.54) is 99.9 Å². The lowest BCUT2D eigenvalue weighted by molar-refractivity contribution is 0.590. The summed E-state index contributed by atoms with van der Waals surface area (Å²) in [7, 11) is 0. The first-order valence-electron chi connectivity index (χ1n) is 19.4. The van der Waals surface area contributed by atoms with Crippen molar-refractivity contribution in [1.29, 1.82) is 0 Å². The van der Waals surface area contributed by atoms with Gasteiger partial charge in [0.15, 0.2) is 0 Å². The van der Waals surface area contributed by atoms with Crippen molar-refractivity contribution in [2.45, 2.75) is 92.4 Å². The molecular weight excluding hydrogens is 639 g/mol. The minimum absolute atomic E-state index is 0.0594. The molecule has 0 saturated heterocycles. The molecular formula is C50H51BN2. The van der Waals surface area contributed by atoms with Gasteiger partial charge in [0.1, 0.15) is 0 Å². The highest BCUT2D eigenvalue weighted by Gasteiger charge is 2.46. The molecule has 7 aromatic rings. The van der Waals surface area contributed by atoms with E-state index in [9.17, 15) is 0 Å². The molecule has 2 nitrogen and oxygen atoms in total. The quantitative estimate of drug-likeness (QED) is 0.164. The normalized spacial score (nSPS) is 14.8. The molecule has 53 heavy (non-hydrogen) atoms. The maximum Gasteiger partial charge on any atom is 0.247 e. The number of hydrogen-bond acceptors (Lipinski definition) is 1. The van der Waals surface area contributed by atoms with Crippen molar-refractivity contribution in [2.75, 3.05) is 4.90 Å². The summed E-state index contributed by atoms with van der Waals surface area (Å²) in [6, 6.07) is 42.5. The smallest absolute Gasteiger partial charge is 0.247 e. The lowest BCUT2D eigenvalue weighted by atomic mass is 9.30. The van der Waals surface area contributed by atoms with Crippen LogP contribution in [-0.2, 0) is 16.2 Å². The molecule has 3 heterocycles. The Morgan fingerprint density at radius 1 is 0.528 bits per heavy atom.